The van der Waals surface area contributed by atoms with Gasteiger partial charge in [-0.25, -0.2) is 0 Å². The Morgan fingerprint density at radius 3 is 2.69 bits per heavy atom. The van der Waals surface area contributed by atoms with E-state index in [1.165, 1.54) is 0 Å². The number of methoxy groups -OCH3 is 1. The average Bonchev–Trinajstić information content (AvgIpc) is 3.12. The first-order valence-corrected chi connectivity index (χ1v) is 8.09. The highest BCUT2D eigenvalue weighted by Gasteiger charge is 2.26. The highest BCUT2D eigenvalue weighted by atomic mass is 16.5. The normalized spacial score (nSPS) is 11.8. The van der Waals surface area contributed by atoms with Gasteiger partial charge >= 0.3 is 0 Å². The summed E-state index contributed by atoms with van der Waals surface area (Å²) in [6.07, 6.45) is 2.41. The van der Waals surface area contributed by atoms with Gasteiger partial charge in [-0.1, -0.05) is 11.2 Å². The highest BCUT2D eigenvalue weighted by molar-refractivity contribution is 5.94. The van der Waals surface area contributed by atoms with E-state index in [0.29, 0.717) is 23.6 Å². The van der Waals surface area contributed by atoms with Crippen molar-refractivity contribution in [2.45, 2.75) is 19.6 Å². The zero-order valence-electron chi connectivity index (χ0n) is 14.5. The fourth-order valence-corrected chi connectivity index (χ4v) is 2.57. The van der Waals surface area contributed by atoms with Crippen molar-refractivity contribution in [2.24, 2.45) is 0 Å². The zero-order chi connectivity index (χ0) is 18.5. The number of benzene rings is 1. The van der Waals surface area contributed by atoms with Gasteiger partial charge in [0, 0.05) is 24.5 Å². The molecule has 0 aliphatic rings. The number of rotatable bonds is 6. The molecule has 3 aromatic rings. The lowest BCUT2D eigenvalue weighted by Gasteiger charge is -2.08. The number of hydrogen-bond donors (Lipinski definition) is 2. The minimum atomic E-state index is -0.919. The van der Waals surface area contributed by atoms with E-state index in [2.05, 4.69) is 15.5 Å². The molecule has 7 heteroatoms. The van der Waals surface area contributed by atoms with Crippen LogP contribution in [0.1, 0.15) is 34.7 Å². The number of nitrogens with zero attached hydrogens (tertiary/aromatic N) is 2. The fourth-order valence-electron chi connectivity index (χ4n) is 2.57. The van der Waals surface area contributed by atoms with Gasteiger partial charge in [-0.3, -0.25) is 9.78 Å². The predicted octanol–water partition coefficient (Wildman–Crippen LogP) is 2.73. The summed E-state index contributed by atoms with van der Waals surface area (Å²) in [6.45, 7) is 1.86. The lowest BCUT2D eigenvalue weighted by Crippen LogP contribution is -2.23. The molecular weight excluding hydrogens is 334 g/mol. The third kappa shape index (κ3) is 3.73. The number of aliphatic hydroxyl groups is 1. The van der Waals surface area contributed by atoms with Gasteiger partial charge in [-0.05, 0) is 42.8 Å². The van der Waals surface area contributed by atoms with Crippen molar-refractivity contribution in [1.29, 1.82) is 0 Å². The van der Waals surface area contributed by atoms with Crippen LogP contribution >= 0.6 is 0 Å². The van der Waals surface area contributed by atoms with Crippen LogP contribution in [0.2, 0.25) is 0 Å². The van der Waals surface area contributed by atoms with Gasteiger partial charge in [-0.2, -0.15) is 0 Å². The molecule has 2 heterocycles. The summed E-state index contributed by atoms with van der Waals surface area (Å²) in [6, 6.07) is 10.8. The molecule has 1 atom stereocenters. The van der Waals surface area contributed by atoms with Crippen molar-refractivity contribution < 1.29 is 19.2 Å². The van der Waals surface area contributed by atoms with E-state index in [0.717, 1.165) is 11.1 Å². The minimum absolute atomic E-state index is 0.00490. The Balaban J connectivity index is 1.85. The van der Waals surface area contributed by atoms with Gasteiger partial charge in [0.05, 0.1) is 18.8 Å². The summed E-state index contributed by atoms with van der Waals surface area (Å²) in [4.78, 5) is 16.5. The third-order valence-corrected chi connectivity index (χ3v) is 3.89. The van der Waals surface area contributed by atoms with Crippen LogP contribution in [-0.4, -0.2) is 28.3 Å². The van der Waals surface area contributed by atoms with Gasteiger partial charge in [0.25, 0.3) is 5.91 Å². The Bertz CT molecular complexity index is 874. The van der Waals surface area contributed by atoms with Crippen molar-refractivity contribution in [1.82, 2.24) is 15.5 Å². The summed E-state index contributed by atoms with van der Waals surface area (Å²) in [5, 5.41) is 16.9. The van der Waals surface area contributed by atoms with E-state index in [1.54, 1.807) is 56.8 Å². The number of aliphatic hydroxyl groups excluding tert-OH is 1. The molecule has 0 saturated heterocycles. The number of amides is 1. The van der Waals surface area contributed by atoms with Gasteiger partial charge in [0.1, 0.15) is 11.4 Å². The van der Waals surface area contributed by atoms with E-state index in [-0.39, 0.29) is 5.76 Å². The number of carbonyl (C=O) groups is 1. The third-order valence-electron chi connectivity index (χ3n) is 3.89. The Hall–Kier alpha value is -3.19. The van der Waals surface area contributed by atoms with E-state index < -0.39 is 12.0 Å². The van der Waals surface area contributed by atoms with Crippen molar-refractivity contribution in [2.75, 3.05) is 7.11 Å². The van der Waals surface area contributed by atoms with Crippen molar-refractivity contribution >= 4 is 5.91 Å². The summed E-state index contributed by atoms with van der Waals surface area (Å²) < 4.78 is 10.4. The smallest absolute Gasteiger partial charge is 0.290 e. The molecular formula is C19H19N3O4. The number of hydrogen-bond acceptors (Lipinski definition) is 6. The maximum absolute atomic E-state index is 12.5. The van der Waals surface area contributed by atoms with E-state index in [9.17, 15) is 9.90 Å². The minimum Gasteiger partial charge on any atom is -0.497 e. The van der Waals surface area contributed by atoms with Crippen LogP contribution in [0.5, 0.6) is 5.75 Å². The molecule has 0 spiro atoms. The van der Waals surface area contributed by atoms with Crippen molar-refractivity contribution in [3.63, 3.8) is 0 Å². The number of nitrogens with one attached hydrogen (secondary N) is 1. The van der Waals surface area contributed by atoms with Gasteiger partial charge < -0.3 is 19.7 Å². The standard InChI is InChI=1S/C19H19N3O4/c1-12(23)16-17(14-5-7-15(25-2)8-6-14)22-26-18(16)19(24)21-11-13-4-3-9-20-10-13/h3-10,12,23H,11H2,1-2H3,(H,21,24). The Morgan fingerprint density at radius 1 is 1.31 bits per heavy atom. The monoisotopic (exact) mass is 353 g/mol. The van der Waals surface area contributed by atoms with Gasteiger partial charge in [0.2, 0.25) is 5.76 Å². The number of ether oxygens (including phenoxy) is 1. The lowest BCUT2D eigenvalue weighted by atomic mass is 10.0. The van der Waals surface area contributed by atoms with Crippen LogP contribution < -0.4 is 10.1 Å². The molecule has 1 amide bonds. The second-order valence-electron chi connectivity index (χ2n) is 5.72. The summed E-state index contributed by atoms with van der Waals surface area (Å²) in [5.41, 5.74) is 2.35. The molecule has 3 rings (SSSR count). The second kappa shape index (κ2) is 7.79. The van der Waals surface area contributed by atoms with Gasteiger partial charge in [-0.15, -0.1) is 0 Å². The Morgan fingerprint density at radius 2 is 2.08 bits per heavy atom. The van der Waals surface area contributed by atoms with Crippen molar-refractivity contribution in [3.8, 4) is 17.0 Å². The molecule has 0 bridgehead atoms. The predicted molar refractivity (Wildman–Crippen MR) is 94.5 cm³/mol. The first kappa shape index (κ1) is 17.6. The van der Waals surface area contributed by atoms with E-state index in [4.69, 9.17) is 9.26 Å². The van der Waals surface area contributed by atoms with Crippen LogP contribution in [0.3, 0.4) is 0 Å². The van der Waals surface area contributed by atoms with Crippen LogP contribution in [0.15, 0.2) is 53.3 Å². The molecule has 0 aliphatic heterocycles. The molecule has 0 radical (unpaired) electrons. The molecule has 0 aliphatic carbocycles. The second-order valence-corrected chi connectivity index (χ2v) is 5.72. The molecule has 2 N–H and O–H groups in total. The van der Waals surface area contributed by atoms with Crippen LogP contribution in [0.4, 0.5) is 0 Å². The summed E-state index contributed by atoms with van der Waals surface area (Å²) in [5.74, 6) is 0.247. The first-order chi connectivity index (χ1) is 12.6. The summed E-state index contributed by atoms with van der Waals surface area (Å²) in [7, 11) is 1.58. The maximum atomic E-state index is 12.5. The van der Waals surface area contributed by atoms with E-state index in [1.807, 2.05) is 6.07 Å². The first-order valence-electron chi connectivity index (χ1n) is 8.09. The largest absolute Gasteiger partial charge is 0.497 e. The fraction of sp³-hybridized carbons (Fsp3) is 0.211. The maximum Gasteiger partial charge on any atom is 0.290 e. The topological polar surface area (TPSA) is 97.5 Å². The van der Waals surface area contributed by atoms with Gasteiger partial charge in [0.15, 0.2) is 0 Å². The van der Waals surface area contributed by atoms with Crippen LogP contribution in [0, 0.1) is 0 Å². The van der Waals surface area contributed by atoms with Crippen LogP contribution in [-0.2, 0) is 6.54 Å². The van der Waals surface area contributed by atoms with Crippen molar-refractivity contribution in [3.05, 3.63) is 65.7 Å². The molecule has 0 saturated carbocycles. The molecule has 0 fully saturated rings. The average molecular weight is 353 g/mol. The summed E-state index contributed by atoms with van der Waals surface area (Å²) >= 11 is 0. The molecule has 1 unspecified atom stereocenters. The zero-order valence-corrected chi connectivity index (χ0v) is 14.5. The number of pyridine rings is 1. The molecule has 2 aromatic heterocycles. The highest BCUT2D eigenvalue weighted by Crippen LogP contribution is 2.31. The molecule has 26 heavy (non-hydrogen) atoms. The molecule has 7 nitrogen and oxygen atoms in total. The van der Waals surface area contributed by atoms with Crippen LogP contribution in [0.25, 0.3) is 11.3 Å². The lowest BCUT2D eigenvalue weighted by molar-refractivity contribution is 0.0905. The Kier molecular flexibility index (Phi) is 5.28. The molecule has 1 aromatic carbocycles. The molecule has 134 valence electrons. The Labute approximate surface area is 150 Å². The SMILES string of the molecule is COc1ccc(-c2noc(C(=O)NCc3cccnc3)c2C(C)O)cc1. The van der Waals surface area contributed by atoms with E-state index >= 15 is 0 Å². The number of carbonyl (C=O) groups excluding carboxylic acids is 1. The number of aromatic nitrogens is 2. The quantitative estimate of drug-likeness (QED) is 0.707.